The molecule has 0 saturated heterocycles. The first-order valence-electron chi connectivity index (χ1n) is 12.8. The van der Waals surface area contributed by atoms with Crippen molar-refractivity contribution in [3.8, 4) is 11.5 Å². The molecule has 0 aliphatic carbocycles. The van der Waals surface area contributed by atoms with Gasteiger partial charge in [0.05, 0.1) is 14.2 Å². The summed E-state index contributed by atoms with van der Waals surface area (Å²) < 4.78 is 15.8. The van der Waals surface area contributed by atoms with Crippen molar-refractivity contribution >= 4 is 40.8 Å². The van der Waals surface area contributed by atoms with E-state index in [2.05, 4.69) is 15.8 Å². The van der Waals surface area contributed by atoms with E-state index < -0.39 is 29.3 Å². The number of aryl methyl sites for hydroxylation is 1. The predicted octanol–water partition coefficient (Wildman–Crippen LogP) is 5.45. The highest BCUT2D eigenvalue weighted by atomic mass is 35.5. The Labute approximate surface area is 238 Å². The lowest BCUT2D eigenvalue weighted by Gasteiger charge is -2.35. The Morgan fingerprint density at radius 2 is 1.75 bits per heavy atom. The minimum Gasteiger partial charge on any atom is -0.493 e. The van der Waals surface area contributed by atoms with Crippen LogP contribution in [0.2, 0.25) is 5.02 Å². The first kappa shape index (κ1) is 30.5. The number of anilines is 2. The summed E-state index contributed by atoms with van der Waals surface area (Å²) in [4.78, 5) is 41.8. The zero-order valence-corrected chi connectivity index (χ0v) is 24.3. The Morgan fingerprint density at radius 1 is 1.05 bits per heavy atom. The van der Waals surface area contributed by atoms with Gasteiger partial charge in [-0.15, -0.1) is 0 Å². The molecule has 2 N–H and O–H groups in total. The summed E-state index contributed by atoms with van der Waals surface area (Å²) in [7, 11) is 2.98. The topological polar surface area (TPSA) is 123 Å². The van der Waals surface area contributed by atoms with Gasteiger partial charge in [-0.2, -0.15) is 0 Å². The summed E-state index contributed by atoms with van der Waals surface area (Å²) in [6.45, 7) is 7.45. The summed E-state index contributed by atoms with van der Waals surface area (Å²) in [5.41, 5.74) is 0.238. The molecule has 1 aromatic heterocycles. The van der Waals surface area contributed by atoms with Crippen molar-refractivity contribution in [3.05, 3.63) is 64.9 Å². The summed E-state index contributed by atoms with van der Waals surface area (Å²) >= 11 is 6.59. The van der Waals surface area contributed by atoms with Crippen LogP contribution in [-0.2, 0) is 14.4 Å². The normalized spacial score (nSPS) is 11.9. The second kappa shape index (κ2) is 13.3. The van der Waals surface area contributed by atoms with Crippen LogP contribution in [0.25, 0.3) is 0 Å². The van der Waals surface area contributed by atoms with Crippen molar-refractivity contribution in [2.24, 2.45) is 0 Å². The van der Waals surface area contributed by atoms with Crippen LogP contribution >= 0.6 is 11.6 Å². The summed E-state index contributed by atoms with van der Waals surface area (Å²) in [6.07, 6.45) is 0.286. The number of aromatic nitrogens is 1. The van der Waals surface area contributed by atoms with Crippen LogP contribution in [0.15, 0.2) is 53.1 Å². The lowest BCUT2D eigenvalue weighted by molar-refractivity contribution is -0.128. The van der Waals surface area contributed by atoms with E-state index in [-0.39, 0.29) is 18.7 Å². The molecule has 3 rings (SSSR count). The van der Waals surface area contributed by atoms with Crippen molar-refractivity contribution in [2.75, 3.05) is 24.4 Å². The fourth-order valence-corrected chi connectivity index (χ4v) is 4.21. The zero-order valence-electron chi connectivity index (χ0n) is 23.5. The van der Waals surface area contributed by atoms with Crippen LogP contribution in [0.4, 0.5) is 11.5 Å². The molecular formula is C29H35ClN4O6. The number of methoxy groups -OCH3 is 2. The molecule has 0 aliphatic heterocycles. The van der Waals surface area contributed by atoms with E-state index in [1.165, 1.54) is 19.1 Å². The standard InChI is InChI=1S/C29H35ClN4O6/c1-7-29(3,4)32-28(37)27(20-10-8-9-11-21(20)30)34(19-12-13-22(38-5)23(17-19)39-6)26(36)15-14-25(35)31-24-16-18(2)40-33-24/h8-13,16-17,27H,7,14-15H2,1-6H3,(H,32,37)(H,31,33,35). The molecule has 0 saturated carbocycles. The third-order valence-corrected chi connectivity index (χ3v) is 6.77. The average Bonchev–Trinajstić information content (AvgIpc) is 3.34. The minimum atomic E-state index is -1.15. The molecule has 3 amide bonds. The SMILES string of the molecule is CCC(C)(C)NC(=O)C(c1ccccc1Cl)N(C(=O)CCC(=O)Nc1cc(C)on1)c1ccc(OC)c(OC)c1. The fraction of sp³-hybridized carbons (Fsp3) is 0.379. The van der Waals surface area contributed by atoms with Crippen LogP contribution in [0.1, 0.15) is 57.4 Å². The van der Waals surface area contributed by atoms with Gasteiger partial charge in [0.2, 0.25) is 17.7 Å². The van der Waals surface area contributed by atoms with Gasteiger partial charge in [0.15, 0.2) is 17.3 Å². The lowest BCUT2D eigenvalue weighted by atomic mass is 9.97. The van der Waals surface area contributed by atoms with Crippen LogP contribution in [0, 0.1) is 6.92 Å². The van der Waals surface area contributed by atoms with E-state index in [0.717, 1.165) is 0 Å². The van der Waals surface area contributed by atoms with Gasteiger partial charge < -0.3 is 24.6 Å². The molecule has 1 atom stereocenters. The van der Waals surface area contributed by atoms with Crippen molar-refractivity contribution in [1.82, 2.24) is 10.5 Å². The molecule has 214 valence electrons. The van der Waals surface area contributed by atoms with E-state index in [4.69, 9.17) is 25.6 Å². The number of halogens is 1. The smallest absolute Gasteiger partial charge is 0.248 e. The van der Waals surface area contributed by atoms with E-state index in [1.807, 2.05) is 20.8 Å². The molecule has 10 nitrogen and oxygen atoms in total. The summed E-state index contributed by atoms with van der Waals surface area (Å²) in [5.74, 6) is 0.269. The maximum absolute atomic E-state index is 13.9. The zero-order chi connectivity index (χ0) is 29.4. The average molecular weight is 571 g/mol. The van der Waals surface area contributed by atoms with Gasteiger partial charge >= 0.3 is 0 Å². The third-order valence-electron chi connectivity index (χ3n) is 6.43. The van der Waals surface area contributed by atoms with E-state index >= 15 is 0 Å². The molecular weight excluding hydrogens is 536 g/mol. The van der Waals surface area contributed by atoms with Crippen molar-refractivity contribution in [2.45, 2.75) is 58.5 Å². The van der Waals surface area contributed by atoms with Crippen molar-refractivity contribution in [1.29, 1.82) is 0 Å². The largest absolute Gasteiger partial charge is 0.493 e. The molecule has 1 unspecified atom stereocenters. The second-order valence-electron chi connectivity index (χ2n) is 9.82. The van der Waals surface area contributed by atoms with Crippen LogP contribution in [0.3, 0.4) is 0 Å². The Hall–Kier alpha value is -4.05. The van der Waals surface area contributed by atoms with Gasteiger partial charge in [0, 0.05) is 46.8 Å². The number of amides is 3. The highest BCUT2D eigenvalue weighted by molar-refractivity contribution is 6.31. The quantitative estimate of drug-likeness (QED) is 0.297. The molecule has 0 aliphatic rings. The van der Waals surface area contributed by atoms with Crippen LogP contribution in [-0.4, -0.2) is 42.6 Å². The second-order valence-corrected chi connectivity index (χ2v) is 10.2. The number of carbonyl (C=O) groups excluding carboxylic acids is 3. The first-order valence-corrected chi connectivity index (χ1v) is 13.2. The van der Waals surface area contributed by atoms with Crippen molar-refractivity contribution in [3.63, 3.8) is 0 Å². The Kier molecular flexibility index (Phi) is 10.2. The fourth-order valence-electron chi connectivity index (χ4n) is 3.97. The van der Waals surface area contributed by atoms with Gasteiger partial charge in [-0.05, 0) is 45.4 Å². The summed E-state index contributed by atoms with van der Waals surface area (Å²) in [5, 5.41) is 9.72. The number of nitrogens with zero attached hydrogens (tertiary/aromatic N) is 2. The van der Waals surface area contributed by atoms with E-state index in [1.54, 1.807) is 55.5 Å². The van der Waals surface area contributed by atoms with Gasteiger partial charge in [0.25, 0.3) is 0 Å². The number of nitrogens with one attached hydrogen (secondary N) is 2. The number of hydrogen-bond acceptors (Lipinski definition) is 7. The number of carbonyl (C=O) groups is 3. The summed E-state index contributed by atoms with van der Waals surface area (Å²) in [6, 6.07) is 12.2. The number of benzene rings is 2. The molecule has 0 fully saturated rings. The van der Waals surface area contributed by atoms with E-state index in [9.17, 15) is 14.4 Å². The molecule has 0 radical (unpaired) electrons. The van der Waals surface area contributed by atoms with Gasteiger partial charge in [-0.3, -0.25) is 19.3 Å². The molecule has 1 heterocycles. The van der Waals surface area contributed by atoms with E-state index in [0.29, 0.717) is 40.0 Å². The highest BCUT2D eigenvalue weighted by Crippen LogP contribution is 2.37. The maximum Gasteiger partial charge on any atom is 0.248 e. The monoisotopic (exact) mass is 570 g/mol. The Balaban J connectivity index is 2.05. The molecule has 0 bridgehead atoms. The molecule has 3 aromatic rings. The number of rotatable bonds is 12. The molecule has 2 aromatic carbocycles. The number of ether oxygens (including phenoxy) is 2. The van der Waals surface area contributed by atoms with Crippen LogP contribution < -0.4 is 25.0 Å². The maximum atomic E-state index is 13.9. The molecule has 0 spiro atoms. The van der Waals surface area contributed by atoms with Gasteiger partial charge in [-0.25, -0.2) is 0 Å². The van der Waals surface area contributed by atoms with Crippen LogP contribution in [0.5, 0.6) is 11.5 Å². The molecule has 11 heteroatoms. The molecule has 40 heavy (non-hydrogen) atoms. The highest BCUT2D eigenvalue weighted by Gasteiger charge is 2.36. The predicted molar refractivity (Wildman–Crippen MR) is 153 cm³/mol. The Morgan fingerprint density at radius 3 is 2.35 bits per heavy atom. The van der Waals surface area contributed by atoms with Gasteiger partial charge in [-0.1, -0.05) is 41.9 Å². The Bertz CT molecular complexity index is 1360. The third kappa shape index (κ3) is 7.53. The number of hydrogen-bond donors (Lipinski definition) is 2. The lowest BCUT2D eigenvalue weighted by Crippen LogP contribution is -2.50. The van der Waals surface area contributed by atoms with Gasteiger partial charge in [0.1, 0.15) is 11.8 Å². The van der Waals surface area contributed by atoms with Crippen molar-refractivity contribution < 1.29 is 28.4 Å². The minimum absolute atomic E-state index is 0.161. The first-order chi connectivity index (χ1) is 19.0.